The molecule has 0 aliphatic rings. The van der Waals surface area contributed by atoms with Gasteiger partial charge in [0.25, 0.3) is 5.56 Å². The van der Waals surface area contributed by atoms with Gasteiger partial charge in [0, 0.05) is 30.7 Å². The first-order valence-corrected chi connectivity index (χ1v) is 5.84. The summed E-state index contributed by atoms with van der Waals surface area (Å²) in [7, 11) is 1.92. The second-order valence-electron chi connectivity index (χ2n) is 4.24. The van der Waals surface area contributed by atoms with Crippen molar-refractivity contribution in [1.29, 1.82) is 0 Å². The van der Waals surface area contributed by atoms with Crippen molar-refractivity contribution in [3.63, 3.8) is 0 Å². The molecule has 0 aromatic carbocycles. The molecule has 4 heteroatoms. The maximum atomic E-state index is 12.2. The summed E-state index contributed by atoms with van der Waals surface area (Å²) in [6.07, 6.45) is 2.71. The molecule has 0 saturated carbocycles. The summed E-state index contributed by atoms with van der Waals surface area (Å²) in [5, 5.41) is 2.91. The van der Waals surface area contributed by atoms with E-state index in [1.54, 1.807) is 10.9 Å². The van der Waals surface area contributed by atoms with Crippen LogP contribution in [0, 0.1) is 6.92 Å². The number of hydrogen-bond acceptors (Lipinski definition) is 3. The highest BCUT2D eigenvalue weighted by atomic mass is 16.1. The number of aryl methyl sites for hydroxylation is 1. The molecule has 2 heterocycles. The summed E-state index contributed by atoms with van der Waals surface area (Å²) in [4.78, 5) is 16.5. The predicted octanol–water partition coefficient (Wildman–Crippen LogP) is 1.68. The second-order valence-corrected chi connectivity index (χ2v) is 4.24. The van der Waals surface area contributed by atoms with Crippen LogP contribution in [0.3, 0.4) is 0 Å². The van der Waals surface area contributed by atoms with Crippen LogP contribution in [-0.2, 0) is 0 Å². The molecule has 0 amide bonds. The molecule has 17 heavy (non-hydrogen) atoms. The third-order valence-corrected chi connectivity index (χ3v) is 2.81. The highest BCUT2D eigenvalue weighted by Gasteiger charge is 2.10. The van der Waals surface area contributed by atoms with E-state index in [2.05, 4.69) is 11.9 Å². The average molecular weight is 231 g/mol. The summed E-state index contributed by atoms with van der Waals surface area (Å²) in [6, 6.07) is 5.75. The molecule has 0 N–H and O–H groups in total. The normalized spacial score (nSPS) is 10.8. The number of pyridine rings is 2. The Labute approximate surface area is 100 Å². The lowest BCUT2D eigenvalue weighted by Crippen LogP contribution is -2.40. The molecule has 90 valence electrons. The number of aromatic nitrogens is 2. The topological polar surface area (TPSA) is 38.1 Å². The van der Waals surface area contributed by atoms with Gasteiger partial charge in [-0.1, -0.05) is 6.92 Å². The van der Waals surface area contributed by atoms with Crippen LogP contribution in [0.2, 0.25) is 0 Å². The van der Waals surface area contributed by atoms with Crippen LogP contribution in [0.25, 0.3) is 11.0 Å². The van der Waals surface area contributed by atoms with Gasteiger partial charge in [0.05, 0.1) is 0 Å². The molecular formula is C13H17N3O. The molecule has 0 atom stereocenters. The van der Waals surface area contributed by atoms with Gasteiger partial charge < -0.3 is 5.01 Å². The van der Waals surface area contributed by atoms with Crippen molar-refractivity contribution >= 4 is 11.0 Å². The Hall–Kier alpha value is -1.84. The lowest BCUT2D eigenvalue weighted by atomic mass is 10.2. The maximum absolute atomic E-state index is 12.2. The van der Waals surface area contributed by atoms with E-state index in [-0.39, 0.29) is 5.56 Å². The van der Waals surface area contributed by atoms with Gasteiger partial charge in [-0.25, -0.2) is 9.66 Å². The fourth-order valence-corrected chi connectivity index (χ4v) is 2.00. The molecular weight excluding hydrogens is 214 g/mol. The monoisotopic (exact) mass is 231 g/mol. The van der Waals surface area contributed by atoms with Crippen LogP contribution in [0.4, 0.5) is 0 Å². The number of rotatable bonds is 3. The smallest absolute Gasteiger partial charge is 0.273 e. The molecule has 0 bridgehead atoms. The van der Waals surface area contributed by atoms with Gasteiger partial charge in [-0.2, -0.15) is 0 Å². The van der Waals surface area contributed by atoms with Crippen molar-refractivity contribution < 1.29 is 0 Å². The Balaban J connectivity index is 2.74. The van der Waals surface area contributed by atoms with Crippen molar-refractivity contribution in [3.05, 3.63) is 40.3 Å². The van der Waals surface area contributed by atoms with Crippen LogP contribution < -0.4 is 10.6 Å². The zero-order valence-corrected chi connectivity index (χ0v) is 10.5. The Morgan fingerprint density at radius 3 is 2.94 bits per heavy atom. The average Bonchev–Trinajstić information content (AvgIpc) is 2.31. The first-order chi connectivity index (χ1) is 8.15. The summed E-state index contributed by atoms with van der Waals surface area (Å²) >= 11 is 0. The zero-order chi connectivity index (χ0) is 12.4. The largest absolute Gasteiger partial charge is 0.311 e. The lowest BCUT2D eigenvalue weighted by molar-refractivity contribution is 0.631. The van der Waals surface area contributed by atoms with E-state index < -0.39 is 0 Å². The highest BCUT2D eigenvalue weighted by molar-refractivity contribution is 5.75. The quantitative estimate of drug-likeness (QED) is 0.806. The first-order valence-electron chi connectivity index (χ1n) is 5.84. The predicted molar refractivity (Wildman–Crippen MR) is 70.0 cm³/mol. The van der Waals surface area contributed by atoms with E-state index in [4.69, 9.17) is 0 Å². The van der Waals surface area contributed by atoms with Crippen LogP contribution >= 0.6 is 0 Å². The van der Waals surface area contributed by atoms with Gasteiger partial charge in [0.2, 0.25) is 0 Å². The minimum atomic E-state index is 0.00662. The Kier molecular flexibility index (Phi) is 3.13. The SMILES string of the molecule is CCCN(C)n1c(=O)c(C)cc2cccnc21. The molecule has 0 aliphatic heterocycles. The summed E-state index contributed by atoms with van der Waals surface area (Å²) in [5.41, 5.74) is 1.47. The molecule has 4 nitrogen and oxygen atoms in total. The van der Waals surface area contributed by atoms with E-state index in [1.807, 2.05) is 37.2 Å². The Morgan fingerprint density at radius 1 is 1.47 bits per heavy atom. The lowest BCUT2D eigenvalue weighted by Gasteiger charge is -2.22. The van der Waals surface area contributed by atoms with Crippen LogP contribution in [-0.4, -0.2) is 23.3 Å². The second kappa shape index (κ2) is 4.57. The van der Waals surface area contributed by atoms with Gasteiger partial charge in [0.1, 0.15) is 0 Å². The van der Waals surface area contributed by atoms with E-state index >= 15 is 0 Å². The van der Waals surface area contributed by atoms with Crippen molar-refractivity contribution in [1.82, 2.24) is 9.66 Å². The fourth-order valence-electron chi connectivity index (χ4n) is 2.00. The molecule has 2 rings (SSSR count). The minimum Gasteiger partial charge on any atom is -0.311 e. The molecule has 0 saturated heterocycles. The highest BCUT2D eigenvalue weighted by Crippen LogP contribution is 2.10. The maximum Gasteiger partial charge on any atom is 0.273 e. The number of hydrogen-bond donors (Lipinski definition) is 0. The number of fused-ring (bicyclic) bond motifs is 1. The fraction of sp³-hybridized carbons (Fsp3) is 0.385. The summed E-state index contributed by atoms with van der Waals surface area (Å²) in [5.74, 6) is 0. The zero-order valence-electron chi connectivity index (χ0n) is 10.5. The minimum absolute atomic E-state index is 0.00662. The molecule has 0 spiro atoms. The molecule has 2 aromatic rings. The Bertz CT molecular complexity index is 589. The van der Waals surface area contributed by atoms with Gasteiger partial charge in [-0.05, 0) is 31.5 Å². The van der Waals surface area contributed by atoms with Crippen LogP contribution in [0.1, 0.15) is 18.9 Å². The van der Waals surface area contributed by atoms with E-state index in [9.17, 15) is 4.79 Å². The van der Waals surface area contributed by atoms with E-state index in [0.717, 1.165) is 29.6 Å². The van der Waals surface area contributed by atoms with Crippen molar-refractivity contribution in [2.75, 3.05) is 18.6 Å². The van der Waals surface area contributed by atoms with Crippen molar-refractivity contribution in [2.24, 2.45) is 0 Å². The van der Waals surface area contributed by atoms with Gasteiger partial charge in [0.15, 0.2) is 5.65 Å². The first kappa shape index (κ1) is 11.6. The van der Waals surface area contributed by atoms with Gasteiger partial charge in [-0.3, -0.25) is 4.79 Å². The molecule has 0 fully saturated rings. The molecule has 0 aliphatic carbocycles. The summed E-state index contributed by atoms with van der Waals surface area (Å²) < 4.78 is 1.66. The van der Waals surface area contributed by atoms with Gasteiger partial charge >= 0.3 is 0 Å². The third-order valence-electron chi connectivity index (χ3n) is 2.81. The molecule has 0 unspecified atom stereocenters. The summed E-state index contributed by atoms with van der Waals surface area (Å²) in [6.45, 7) is 4.76. The van der Waals surface area contributed by atoms with Crippen molar-refractivity contribution in [3.8, 4) is 0 Å². The third kappa shape index (κ3) is 2.02. The molecule has 0 radical (unpaired) electrons. The standard InChI is InChI=1S/C13H17N3O/c1-4-8-15(3)16-12-11(6-5-7-14-12)9-10(2)13(16)17/h5-7,9H,4,8H2,1-3H3. The molecule has 2 aromatic heterocycles. The number of nitrogens with zero attached hydrogens (tertiary/aromatic N) is 3. The van der Waals surface area contributed by atoms with E-state index in [1.165, 1.54) is 0 Å². The van der Waals surface area contributed by atoms with Crippen LogP contribution in [0.5, 0.6) is 0 Å². The van der Waals surface area contributed by atoms with Gasteiger partial charge in [-0.15, -0.1) is 0 Å². The Morgan fingerprint density at radius 2 is 2.24 bits per heavy atom. The van der Waals surface area contributed by atoms with Crippen molar-refractivity contribution in [2.45, 2.75) is 20.3 Å². The van der Waals surface area contributed by atoms with E-state index in [0.29, 0.717) is 0 Å². The van der Waals surface area contributed by atoms with Crippen LogP contribution in [0.15, 0.2) is 29.2 Å².